The zero-order chi connectivity index (χ0) is 14.9. The predicted molar refractivity (Wildman–Crippen MR) is 92.3 cm³/mol. The van der Waals surface area contributed by atoms with E-state index in [1.54, 1.807) is 0 Å². The number of aromatic nitrogens is 1. The second kappa shape index (κ2) is 5.45. The van der Waals surface area contributed by atoms with Gasteiger partial charge in [-0.05, 0) is 49.4 Å². The SMILES string of the molecule is Cc1ccc2nc3c(c(NCc4ccccc4)c2c1)CCC3. The van der Waals surface area contributed by atoms with E-state index in [4.69, 9.17) is 4.98 Å². The van der Waals surface area contributed by atoms with Gasteiger partial charge in [-0.25, -0.2) is 0 Å². The van der Waals surface area contributed by atoms with Gasteiger partial charge in [0.15, 0.2) is 0 Å². The van der Waals surface area contributed by atoms with Crippen LogP contribution in [0.25, 0.3) is 10.9 Å². The summed E-state index contributed by atoms with van der Waals surface area (Å²) < 4.78 is 0. The third kappa shape index (κ3) is 2.35. The number of pyridine rings is 1. The van der Waals surface area contributed by atoms with Gasteiger partial charge in [0.05, 0.1) is 5.52 Å². The van der Waals surface area contributed by atoms with Crippen molar-refractivity contribution in [3.05, 3.63) is 70.9 Å². The molecular formula is C20H20N2. The first-order chi connectivity index (χ1) is 10.8. The van der Waals surface area contributed by atoms with Gasteiger partial charge in [0.25, 0.3) is 0 Å². The molecule has 0 spiro atoms. The molecule has 0 atom stereocenters. The molecule has 22 heavy (non-hydrogen) atoms. The van der Waals surface area contributed by atoms with Crippen molar-refractivity contribution < 1.29 is 0 Å². The van der Waals surface area contributed by atoms with Gasteiger partial charge in [0, 0.05) is 23.3 Å². The molecule has 0 bridgehead atoms. The van der Waals surface area contributed by atoms with Crippen molar-refractivity contribution in [1.29, 1.82) is 0 Å². The van der Waals surface area contributed by atoms with Crippen molar-refractivity contribution in [2.45, 2.75) is 32.7 Å². The summed E-state index contributed by atoms with van der Waals surface area (Å²) in [5, 5.41) is 4.95. The van der Waals surface area contributed by atoms with Crippen LogP contribution in [0.3, 0.4) is 0 Å². The van der Waals surface area contributed by atoms with E-state index < -0.39 is 0 Å². The van der Waals surface area contributed by atoms with Crippen molar-refractivity contribution >= 4 is 16.6 Å². The van der Waals surface area contributed by atoms with Crippen LogP contribution in [0.1, 0.15) is 28.8 Å². The molecule has 1 N–H and O–H groups in total. The lowest BCUT2D eigenvalue weighted by Crippen LogP contribution is -2.04. The molecule has 110 valence electrons. The fraction of sp³-hybridized carbons (Fsp3) is 0.250. The number of benzene rings is 2. The molecule has 2 aromatic carbocycles. The van der Waals surface area contributed by atoms with E-state index in [1.165, 1.54) is 39.9 Å². The zero-order valence-electron chi connectivity index (χ0n) is 12.9. The molecular weight excluding hydrogens is 268 g/mol. The van der Waals surface area contributed by atoms with Crippen LogP contribution >= 0.6 is 0 Å². The van der Waals surface area contributed by atoms with Crippen LogP contribution in [0.4, 0.5) is 5.69 Å². The first-order valence-electron chi connectivity index (χ1n) is 8.01. The number of anilines is 1. The fourth-order valence-electron chi connectivity index (χ4n) is 3.36. The fourth-order valence-corrected chi connectivity index (χ4v) is 3.36. The zero-order valence-corrected chi connectivity index (χ0v) is 12.9. The van der Waals surface area contributed by atoms with Gasteiger partial charge in [-0.1, -0.05) is 42.0 Å². The molecule has 4 rings (SSSR count). The third-order valence-electron chi connectivity index (χ3n) is 4.48. The van der Waals surface area contributed by atoms with Crippen molar-refractivity contribution in [3.63, 3.8) is 0 Å². The number of nitrogens with one attached hydrogen (secondary N) is 1. The molecule has 0 saturated heterocycles. The highest BCUT2D eigenvalue weighted by molar-refractivity contribution is 5.94. The normalized spacial score (nSPS) is 13.3. The Bertz CT molecular complexity index is 822. The van der Waals surface area contributed by atoms with Gasteiger partial charge >= 0.3 is 0 Å². The van der Waals surface area contributed by atoms with Crippen LogP contribution in [0, 0.1) is 6.92 Å². The summed E-state index contributed by atoms with van der Waals surface area (Å²) in [4.78, 5) is 4.87. The molecule has 2 heteroatoms. The van der Waals surface area contributed by atoms with E-state index in [9.17, 15) is 0 Å². The van der Waals surface area contributed by atoms with Crippen molar-refractivity contribution in [1.82, 2.24) is 4.98 Å². The summed E-state index contributed by atoms with van der Waals surface area (Å²) in [5.41, 5.74) is 7.72. The third-order valence-corrected chi connectivity index (χ3v) is 4.48. The predicted octanol–water partition coefficient (Wildman–Crippen LogP) is 4.64. The second-order valence-electron chi connectivity index (χ2n) is 6.13. The minimum atomic E-state index is 0.861. The maximum atomic E-state index is 4.87. The monoisotopic (exact) mass is 288 g/mol. The van der Waals surface area contributed by atoms with Crippen LogP contribution in [-0.2, 0) is 19.4 Å². The lowest BCUT2D eigenvalue weighted by atomic mass is 10.0. The minimum Gasteiger partial charge on any atom is -0.380 e. The average molecular weight is 288 g/mol. The van der Waals surface area contributed by atoms with Gasteiger partial charge in [-0.3, -0.25) is 4.98 Å². The Hall–Kier alpha value is -2.35. The summed E-state index contributed by atoms with van der Waals surface area (Å²) in [6.45, 7) is 3.01. The number of hydrogen-bond donors (Lipinski definition) is 1. The van der Waals surface area contributed by atoms with Crippen LogP contribution in [0.2, 0.25) is 0 Å². The molecule has 0 unspecified atom stereocenters. The maximum Gasteiger partial charge on any atom is 0.0726 e. The van der Waals surface area contributed by atoms with Gasteiger partial charge < -0.3 is 5.32 Å². The minimum absolute atomic E-state index is 0.861. The van der Waals surface area contributed by atoms with Gasteiger partial charge in [0.2, 0.25) is 0 Å². The van der Waals surface area contributed by atoms with Crippen LogP contribution in [-0.4, -0.2) is 4.98 Å². The number of rotatable bonds is 3. The molecule has 1 heterocycles. The number of nitrogens with zero attached hydrogens (tertiary/aromatic N) is 1. The van der Waals surface area contributed by atoms with E-state index in [-0.39, 0.29) is 0 Å². The largest absolute Gasteiger partial charge is 0.380 e. The molecule has 0 radical (unpaired) electrons. The van der Waals surface area contributed by atoms with E-state index in [0.29, 0.717) is 0 Å². The Morgan fingerprint density at radius 3 is 2.77 bits per heavy atom. The number of hydrogen-bond acceptors (Lipinski definition) is 2. The maximum absolute atomic E-state index is 4.87. The molecule has 1 aliphatic rings. The van der Waals surface area contributed by atoms with E-state index in [1.807, 2.05) is 0 Å². The van der Waals surface area contributed by atoms with Crippen LogP contribution < -0.4 is 5.32 Å². The lowest BCUT2D eigenvalue weighted by Gasteiger charge is -2.15. The van der Waals surface area contributed by atoms with Crippen LogP contribution in [0.5, 0.6) is 0 Å². The average Bonchev–Trinajstić information content (AvgIpc) is 3.01. The highest BCUT2D eigenvalue weighted by Crippen LogP contribution is 2.34. The topological polar surface area (TPSA) is 24.9 Å². The molecule has 1 aliphatic carbocycles. The Labute approximate surface area is 131 Å². The summed E-state index contributed by atoms with van der Waals surface area (Å²) >= 11 is 0. The number of fused-ring (bicyclic) bond motifs is 2. The number of aryl methyl sites for hydroxylation is 2. The molecule has 3 aromatic rings. The summed E-state index contributed by atoms with van der Waals surface area (Å²) in [5.74, 6) is 0. The van der Waals surface area contributed by atoms with E-state index in [2.05, 4.69) is 60.8 Å². The van der Waals surface area contributed by atoms with Gasteiger partial charge in [-0.15, -0.1) is 0 Å². The van der Waals surface area contributed by atoms with E-state index >= 15 is 0 Å². The molecule has 0 aliphatic heterocycles. The highest BCUT2D eigenvalue weighted by atomic mass is 14.9. The first kappa shape index (κ1) is 13.3. The highest BCUT2D eigenvalue weighted by Gasteiger charge is 2.19. The van der Waals surface area contributed by atoms with Gasteiger partial charge in [-0.2, -0.15) is 0 Å². The molecule has 0 fully saturated rings. The van der Waals surface area contributed by atoms with Crippen molar-refractivity contribution in [3.8, 4) is 0 Å². The first-order valence-corrected chi connectivity index (χ1v) is 8.01. The van der Waals surface area contributed by atoms with E-state index in [0.717, 1.165) is 24.9 Å². The lowest BCUT2D eigenvalue weighted by molar-refractivity contribution is 0.901. The standard InChI is InChI=1S/C20H20N2/c1-14-10-11-19-17(12-14)20(16-8-5-9-18(16)22-19)21-13-15-6-3-2-4-7-15/h2-4,6-7,10-12H,5,8-9,13H2,1H3,(H,21,22). The molecule has 0 saturated carbocycles. The smallest absolute Gasteiger partial charge is 0.0726 e. The summed E-state index contributed by atoms with van der Waals surface area (Å²) in [6, 6.07) is 17.1. The molecule has 2 nitrogen and oxygen atoms in total. The summed E-state index contributed by atoms with van der Waals surface area (Å²) in [7, 11) is 0. The van der Waals surface area contributed by atoms with Crippen molar-refractivity contribution in [2.75, 3.05) is 5.32 Å². The Kier molecular flexibility index (Phi) is 3.30. The molecule has 1 aromatic heterocycles. The second-order valence-corrected chi connectivity index (χ2v) is 6.13. The quantitative estimate of drug-likeness (QED) is 0.759. The Morgan fingerprint density at radius 2 is 1.91 bits per heavy atom. The Morgan fingerprint density at radius 1 is 1.05 bits per heavy atom. The van der Waals surface area contributed by atoms with Crippen LogP contribution in [0.15, 0.2) is 48.5 Å². The summed E-state index contributed by atoms with van der Waals surface area (Å²) in [6.07, 6.45) is 3.47. The molecule has 0 amide bonds. The van der Waals surface area contributed by atoms with Gasteiger partial charge in [0.1, 0.15) is 0 Å². The Balaban J connectivity index is 1.79. The van der Waals surface area contributed by atoms with Crippen molar-refractivity contribution in [2.24, 2.45) is 0 Å².